The van der Waals surface area contributed by atoms with E-state index in [1.807, 2.05) is 36.4 Å². The summed E-state index contributed by atoms with van der Waals surface area (Å²) in [5.41, 5.74) is 1.28. The number of anilines is 2. The number of benzene rings is 2. The lowest BCUT2D eigenvalue weighted by atomic mass is 10.1. The Labute approximate surface area is 110 Å². The smallest absolute Gasteiger partial charge is 0.145 e. The minimum atomic E-state index is 0.346. The molecule has 0 saturated carbocycles. The van der Waals surface area contributed by atoms with Crippen molar-refractivity contribution in [2.24, 2.45) is 0 Å². The van der Waals surface area contributed by atoms with Crippen LogP contribution in [0, 0.1) is 11.3 Å². The fourth-order valence-corrected chi connectivity index (χ4v) is 1.90. The molecule has 90 valence electrons. The first kappa shape index (κ1) is 11.2. The molecule has 0 aliphatic rings. The summed E-state index contributed by atoms with van der Waals surface area (Å²) >= 11 is 0. The maximum Gasteiger partial charge on any atom is 0.145 e. The monoisotopic (exact) mass is 246 g/mol. The van der Waals surface area contributed by atoms with Gasteiger partial charge in [-0.1, -0.05) is 30.3 Å². The third-order valence-electron chi connectivity index (χ3n) is 2.80. The fourth-order valence-electron chi connectivity index (χ4n) is 1.90. The molecule has 0 bridgehead atoms. The largest absolute Gasteiger partial charge is 0.340 e. The summed E-state index contributed by atoms with van der Waals surface area (Å²) in [6, 6.07) is 17.8. The van der Waals surface area contributed by atoms with Crippen molar-refractivity contribution in [3.63, 3.8) is 0 Å². The molecule has 0 radical (unpaired) electrons. The van der Waals surface area contributed by atoms with Crippen LogP contribution in [0.15, 0.2) is 54.9 Å². The molecule has 19 heavy (non-hydrogen) atoms. The lowest BCUT2D eigenvalue weighted by Crippen LogP contribution is -1.95. The number of aromatic nitrogens is 2. The van der Waals surface area contributed by atoms with E-state index in [2.05, 4.69) is 27.4 Å². The highest BCUT2D eigenvalue weighted by Gasteiger charge is 2.00. The average Bonchev–Trinajstić information content (AvgIpc) is 2.47. The zero-order valence-electron chi connectivity index (χ0n) is 10.0. The fraction of sp³-hybridized carbons (Fsp3) is 0. The SMILES string of the molecule is N#Cc1cc(Nc2ccc3ccccc3c2)ncn1. The summed E-state index contributed by atoms with van der Waals surface area (Å²) in [5, 5.41) is 14.3. The van der Waals surface area contributed by atoms with Gasteiger partial charge in [0.05, 0.1) is 0 Å². The highest BCUT2D eigenvalue weighted by Crippen LogP contribution is 2.21. The van der Waals surface area contributed by atoms with Crippen LogP contribution in [-0.4, -0.2) is 9.97 Å². The van der Waals surface area contributed by atoms with Gasteiger partial charge in [0.2, 0.25) is 0 Å². The van der Waals surface area contributed by atoms with Crippen LogP contribution in [-0.2, 0) is 0 Å². The molecule has 0 aliphatic heterocycles. The van der Waals surface area contributed by atoms with Gasteiger partial charge in [-0.15, -0.1) is 0 Å². The van der Waals surface area contributed by atoms with Gasteiger partial charge < -0.3 is 5.32 Å². The topological polar surface area (TPSA) is 61.6 Å². The van der Waals surface area contributed by atoms with Gasteiger partial charge in [-0.3, -0.25) is 0 Å². The molecule has 0 atom stereocenters. The van der Waals surface area contributed by atoms with E-state index in [1.165, 1.54) is 11.7 Å². The van der Waals surface area contributed by atoms with Crippen molar-refractivity contribution in [1.82, 2.24) is 9.97 Å². The molecule has 0 spiro atoms. The second-order valence-electron chi connectivity index (χ2n) is 4.09. The van der Waals surface area contributed by atoms with Crippen molar-refractivity contribution in [2.75, 3.05) is 5.32 Å². The van der Waals surface area contributed by atoms with E-state index in [0.717, 1.165) is 11.1 Å². The summed E-state index contributed by atoms with van der Waals surface area (Å²) in [6.07, 6.45) is 1.38. The van der Waals surface area contributed by atoms with Gasteiger partial charge in [-0.25, -0.2) is 9.97 Å². The van der Waals surface area contributed by atoms with Crippen LogP contribution in [0.2, 0.25) is 0 Å². The number of nitrogens with one attached hydrogen (secondary N) is 1. The molecule has 1 N–H and O–H groups in total. The average molecular weight is 246 g/mol. The third-order valence-corrected chi connectivity index (χ3v) is 2.80. The Kier molecular flexibility index (Phi) is 2.79. The van der Waals surface area contributed by atoms with Crippen molar-refractivity contribution < 1.29 is 0 Å². The lowest BCUT2D eigenvalue weighted by Gasteiger charge is -2.06. The van der Waals surface area contributed by atoms with Crippen LogP contribution < -0.4 is 5.32 Å². The van der Waals surface area contributed by atoms with Crippen LogP contribution >= 0.6 is 0 Å². The number of hydrogen-bond acceptors (Lipinski definition) is 4. The highest BCUT2D eigenvalue weighted by atomic mass is 15.0. The summed E-state index contributed by atoms with van der Waals surface area (Å²) in [4.78, 5) is 7.93. The van der Waals surface area contributed by atoms with Crippen LogP contribution in [0.5, 0.6) is 0 Å². The first-order chi connectivity index (χ1) is 9.35. The van der Waals surface area contributed by atoms with Crippen LogP contribution in [0.25, 0.3) is 10.8 Å². The van der Waals surface area contributed by atoms with E-state index in [0.29, 0.717) is 11.5 Å². The molecule has 1 aromatic heterocycles. The van der Waals surface area contributed by atoms with Gasteiger partial charge >= 0.3 is 0 Å². The van der Waals surface area contributed by atoms with E-state index >= 15 is 0 Å². The van der Waals surface area contributed by atoms with Crippen molar-refractivity contribution in [1.29, 1.82) is 5.26 Å². The first-order valence-electron chi connectivity index (χ1n) is 5.83. The summed E-state index contributed by atoms with van der Waals surface area (Å²) in [6.45, 7) is 0. The minimum absolute atomic E-state index is 0.346. The molecular weight excluding hydrogens is 236 g/mol. The molecular formula is C15H10N4. The van der Waals surface area contributed by atoms with E-state index < -0.39 is 0 Å². The lowest BCUT2D eigenvalue weighted by molar-refractivity contribution is 1.14. The van der Waals surface area contributed by atoms with Gasteiger partial charge in [0.1, 0.15) is 23.9 Å². The van der Waals surface area contributed by atoms with Crippen LogP contribution in [0.1, 0.15) is 5.69 Å². The Hall–Kier alpha value is -2.93. The maximum absolute atomic E-state index is 8.80. The van der Waals surface area contributed by atoms with Crippen molar-refractivity contribution in [3.8, 4) is 6.07 Å². The van der Waals surface area contributed by atoms with E-state index in [-0.39, 0.29) is 0 Å². The maximum atomic E-state index is 8.80. The summed E-state index contributed by atoms with van der Waals surface area (Å²) < 4.78 is 0. The number of rotatable bonds is 2. The molecule has 0 saturated heterocycles. The van der Waals surface area contributed by atoms with Crippen molar-refractivity contribution in [3.05, 3.63) is 60.6 Å². The van der Waals surface area contributed by atoms with Gasteiger partial charge in [0, 0.05) is 11.8 Å². The highest BCUT2D eigenvalue weighted by molar-refractivity contribution is 5.86. The molecule has 0 amide bonds. The minimum Gasteiger partial charge on any atom is -0.340 e. The summed E-state index contributed by atoms with van der Waals surface area (Å²) in [7, 11) is 0. The van der Waals surface area contributed by atoms with Crippen molar-refractivity contribution in [2.45, 2.75) is 0 Å². The molecule has 3 rings (SSSR count). The molecule has 0 aliphatic carbocycles. The van der Waals surface area contributed by atoms with Gasteiger partial charge in [0.15, 0.2) is 0 Å². The number of fused-ring (bicyclic) bond motifs is 1. The van der Waals surface area contributed by atoms with Crippen LogP contribution in [0.4, 0.5) is 11.5 Å². The van der Waals surface area contributed by atoms with E-state index in [1.54, 1.807) is 6.07 Å². The molecule has 2 aromatic carbocycles. The quantitative estimate of drug-likeness (QED) is 0.754. The Morgan fingerprint density at radius 1 is 0.947 bits per heavy atom. The standard InChI is InChI=1S/C15H10N4/c16-9-14-8-15(18-10-17-14)19-13-6-5-11-3-1-2-4-12(11)7-13/h1-8,10H,(H,17,18,19). The van der Waals surface area contributed by atoms with Gasteiger partial charge in [-0.05, 0) is 22.9 Å². The molecule has 3 aromatic rings. The molecule has 0 fully saturated rings. The Balaban J connectivity index is 1.94. The van der Waals surface area contributed by atoms with E-state index in [9.17, 15) is 0 Å². The second kappa shape index (κ2) is 4.75. The number of nitriles is 1. The molecule has 0 unspecified atom stereocenters. The predicted molar refractivity (Wildman–Crippen MR) is 74.0 cm³/mol. The second-order valence-corrected chi connectivity index (χ2v) is 4.09. The molecule has 4 heteroatoms. The van der Waals surface area contributed by atoms with E-state index in [4.69, 9.17) is 5.26 Å². The van der Waals surface area contributed by atoms with Gasteiger partial charge in [0.25, 0.3) is 0 Å². The Morgan fingerprint density at radius 3 is 2.63 bits per heavy atom. The van der Waals surface area contributed by atoms with Gasteiger partial charge in [-0.2, -0.15) is 5.26 Å². The zero-order valence-corrected chi connectivity index (χ0v) is 10.0. The zero-order chi connectivity index (χ0) is 13.1. The Bertz CT molecular complexity index is 774. The molecule has 4 nitrogen and oxygen atoms in total. The van der Waals surface area contributed by atoms with Crippen LogP contribution in [0.3, 0.4) is 0 Å². The molecule has 1 heterocycles. The summed E-state index contributed by atoms with van der Waals surface area (Å²) in [5.74, 6) is 0.613. The first-order valence-corrected chi connectivity index (χ1v) is 5.83. The predicted octanol–water partition coefficient (Wildman–Crippen LogP) is 3.25. The third kappa shape index (κ3) is 2.35. The Morgan fingerprint density at radius 2 is 1.79 bits per heavy atom. The number of hydrogen-bond donors (Lipinski definition) is 1. The van der Waals surface area contributed by atoms with Crippen molar-refractivity contribution >= 4 is 22.3 Å². The normalized spacial score (nSPS) is 10.1. The number of nitrogens with zero attached hydrogens (tertiary/aromatic N) is 3.